The fourth-order valence-electron chi connectivity index (χ4n) is 13.5. The van der Waals surface area contributed by atoms with E-state index in [1.807, 2.05) is 11.3 Å². The van der Waals surface area contributed by atoms with E-state index in [0.29, 0.717) is 0 Å². The lowest BCUT2D eigenvalue weighted by Gasteiger charge is -2.31. The summed E-state index contributed by atoms with van der Waals surface area (Å²) in [5, 5.41) is 5.25. The van der Waals surface area contributed by atoms with Crippen LogP contribution in [0.15, 0.2) is 237 Å². The molecule has 3 aliphatic carbocycles. The number of nitrogens with zero attached hydrogens (tertiary/aromatic N) is 1. The number of rotatable bonds is 6. The molecule has 1 heterocycles. The summed E-state index contributed by atoms with van der Waals surface area (Å²) in [4.78, 5) is 2.48. The summed E-state index contributed by atoms with van der Waals surface area (Å²) in [6.45, 7) is 4.77. The maximum absolute atomic E-state index is 2.52. The Hall–Kier alpha value is -8.30. The third-order valence-corrected chi connectivity index (χ3v) is 18.0. The minimum Gasteiger partial charge on any atom is -0.310 e. The Morgan fingerprint density at radius 2 is 0.889 bits per heavy atom. The van der Waals surface area contributed by atoms with E-state index < -0.39 is 0 Å². The zero-order valence-corrected chi connectivity index (χ0v) is 41.1. The SMILES string of the molecule is CC1(C)c2ccccc2-c2cccc(-c3ccccc3-c3ccc(N(c4ccc(-c5cccc6c5sc5c7ccccc7ccc65)cc4)c4ccc5c(c4)C4(CCc6ccccc64)c4ccccc4-5)cc3)c21. The van der Waals surface area contributed by atoms with Crippen LogP contribution in [-0.2, 0) is 17.3 Å². The molecule has 15 rings (SSSR count). The number of benzene rings is 11. The summed E-state index contributed by atoms with van der Waals surface area (Å²) < 4.78 is 2.69. The summed E-state index contributed by atoms with van der Waals surface area (Å²) in [7, 11) is 0. The van der Waals surface area contributed by atoms with E-state index in [1.165, 1.54) is 120 Å². The molecule has 0 saturated carbocycles. The molecule has 0 N–H and O–H groups in total. The van der Waals surface area contributed by atoms with Gasteiger partial charge in [0.2, 0.25) is 0 Å². The van der Waals surface area contributed by atoms with Gasteiger partial charge in [-0.25, -0.2) is 0 Å². The third-order valence-electron chi connectivity index (χ3n) is 16.7. The molecule has 3 aliphatic rings. The van der Waals surface area contributed by atoms with Gasteiger partial charge >= 0.3 is 0 Å². The number of aryl methyl sites for hydroxylation is 1. The first-order chi connectivity index (χ1) is 35.5. The lowest BCUT2D eigenvalue weighted by atomic mass is 9.73. The first-order valence-corrected chi connectivity index (χ1v) is 26.3. The third kappa shape index (κ3) is 5.88. The van der Waals surface area contributed by atoms with Gasteiger partial charge in [-0.15, -0.1) is 11.3 Å². The van der Waals surface area contributed by atoms with Crippen molar-refractivity contribution >= 4 is 59.3 Å². The molecule has 0 fully saturated rings. The quantitative estimate of drug-likeness (QED) is 0.161. The Labute approximate surface area is 425 Å². The van der Waals surface area contributed by atoms with Crippen molar-refractivity contribution < 1.29 is 0 Å². The predicted octanol–water partition coefficient (Wildman–Crippen LogP) is 19.2. The van der Waals surface area contributed by atoms with Crippen molar-refractivity contribution in [1.82, 2.24) is 0 Å². The highest BCUT2D eigenvalue weighted by atomic mass is 32.1. The van der Waals surface area contributed by atoms with Gasteiger partial charge in [0.05, 0.1) is 0 Å². The van der Waals surface area contributed by atoms with Crippen LogP contribution in [0, 0.1) is 0 Å². The molecule has 0 radical (unpaired) electrons. The zero-order valence-electron chi connectivity index (χ0n) is 40.3. The molecular weight excluding hydrogens is 887 g/mol. The second-order valence-electron chi connectivity index (χ2n) is 20.7. The number of hydrogen-bond donors (Lipinski definition) is 0. The van der Waals surface area contributed by atoms with Gasteiger partial charge in [-0.1, -0.05) is 214 Å². The van der Waals surface area contributed by atoms with E-state index in [4.69, 9.17) is 0 Å². The smallest absolute Gasteiger partial charge is 0.0470 e. The van der Waals surface area contributed by atoms with Gasteiger partial charge in [0.1, 0.15) is 0 Å². The summed E-state index contributed by atoms with van der Waals surface area (Å²) >= 11 is 1.92. The molecule has 11 aromatic carbocycles. The van der Waals surface area contributed by atoms with Crippen molar-refractivity contribution in [2.75, 3.05) is 4.90 Å². The monoisotopic (exact) mass is 935 g/mol. The van der Waals surface area contributed by atoms with Gasteiger partial charge < -0.3 is 4.90 Å². The first kappa shape index (κ1) is 41.5. The molecule has 2 heteroatoms. The first-order valence-electron chi connectivity index (χ1n) is 25.5. The lowest BCUT2D eigenvalue weighted by Crippen LogP contribution is -2.24. The molecule has 0 saturated heterocycles. The minimum absolute atomic E-state index is 0.120. The Kier molecular flexibility index (Phi) is 8.99. The van der Waals surface area contributed by atoms with Crippen LogP contribution in [0.2, 0.25) is 0 Å². The maximum Gasteiger partial charge on any atom is 0.0470 e. The van der Waals surface area contributed by atoms with Gasteiger partial charge in [-0.05, 0) is 149 Å². The van der Waals surface area contributed by atoms with Gasteiger partial charge in [0, 0.05) is 48.1 Å². The largest absolute Gasteiger partial charge is 0.310 e. The number of hydrogen-bond acceptors (Lipinski definition) is 2. The minimum atomic E-state index is -0.191. The average Bonchev–Trinajstić information content (AvgIpc) is 4.17. The van der Waals surface area contributed by atoms with Crippen LogP contribution in [0.5, 0.6) is 0 Å². The van der Waals surface area contributed by atoms with E-state index in [9.17, 15) is 0 Å². The van der Waals surface area contributed by atoms with Crippen molar-refractivity contribution in [1.29, 1.82) is 0 Å². The van der Waals surface area contributed by atoms with Gasteiger partial charge in [0.25, 0.3) is 0 Å². The fraction of sp³-hybridized carbons (Fsp3) is 0.0857. The molecule has 0 bridgehead atoms. The van der Waals surface area contributed by atoms with Crippen molar-refractivity contribution in [2.24, 2.45) is 0 Å². The molecule has 0 amide bonds. The van der Waals surface area contributed by atoms with Crippen molar-refractivity contribution in [3.8, 4) is 55.6 Å². The zero-order chi connectivity index (χ0) is 47.7. The molecular formula is C70H49NS. The molecule has 1 spiro atoms. The molecule has 340 valence electrons. The van der Waals surface area contributed by atoms with E-state index in [0.717, 1.165) is 29.9 Å². The van der Waals surface area contributed by atoms with Crippen molar-refractivity contribution in [2.45, 2.75) is 37.5 Å². The topological polar surface area (TPSA) is 3.24 Å². The lowest BCUT2D eigenvalue weighted by molar-refractivity contribution is 0.626. The summed E-state index contributed by atoms with van der Waals surface area (Å²) in [5.74, 6) is 0. The average molecular weight is 936 g/mol. The van der Waals surface area contributed by atoms with Gasteiger partial charge in [0.15, 0.2) is 0 Å². The van der Waals surface area contributed by atoms with Crippen molar-refractivity contribution in [3.05, 3.63) is 270 Å². The maximum atomic E-state index is 2.52. The molecule has 1 aromatic heterocycles. The molecule has 0 aliphatic heterocycles. The van der Waals surface area contributed by atoms with Crippen LogP contribution in [0.25, 0.3) is 86.6 Å². The van der Waals surface area contributed by atoms with E-state index in [1.54, 1.807) is 0 Å². The van der Waals surface area contributed by atoms with Crippen LogP contribution < -0.4 is 4.90 Å². The number of anilines is 3. The van der Waals surface area contributed by atoms with Crippen LogP contribution in [-0.4, -0.2) is 0 Å². The Morgan fingerprint density at radius 3 is 1.67 bits per heavy atom. The van der Waals surface area contributed by atoms with Crippen LogP contribution in [0.1, 0.15) is 53.6 Å². The Balaban J connectivity index is 0.872. The number of fused-ring (bicyclic) bond motifs is 15. The highest BCUT2D eigenvalue weighted by Crippen LogP contribution is 2.60. The van der Waals surface area contributed by atoms with Crippen LogP contribution in [0.4, 0.5) is 17.1 Å². The second-order valence-corrected chi connectivity index (χ2v) is 21.7. The van der Waals surface area contributed by atoms with Crippen LogP contribution >= 0.6 is 11.3 Å². The normalized spacial score (nSPS) is 15.7. The standard InChI is InChI=1S/C70H49NS/c1-69(2)63-27-11-8-21-56(63)59-24-14-23-58(66(59)69)54-19-7-6-17-51(54)45-29-34-48(35-30-45)71(50-38-40-57-55-20-9-12-28-64(55)70(65(57)43-50)42-41-47-16-4-10-26-62(47)70)49-36-31-46(32-37-49)53-22-13-25-60-61-39-33-44-15-3-5-18-52(44)68(61)72-67(53)60/h3-40,43H,41-42H2,1-2H3. The van der Waals surface area contributed by atoms with E-state index in [-0.39, 0.29) is 10.8 Å². The Bertz CT molecular complexity index is 4190. The molecule has 72 heavy (non-hydrogen) atoms. The molecule has 12 aromatic rings. The van der Waals surface area contributed by atoms with E-state index in [2.05, 4.69) is 255 Å². The van der Waals surface area contributed by atoms with Gasteiger partial charge in [-0.3, -0.25) is 0 Å². The second kappa shape index (κ2) is 15.6. The molecule has 1 unspecified atom stereocenters. The van der Waals surface area contributed by atoms with Gasteiger partial charge in [-0.2, -0.15) is 0 Å². The van der Waals surface area contributed by atoms with Crippen molar-refractivity contribution in [3.63, 3.8) is 0 Å². The summed E-state index contributed by atoms with van der Waals surface area (Å²) in [5.41, 5.74) is 24.5. The van der Waals surface area contributed by atoms with Crippen LogP contribution in [0.3, 0.4) is 0 Å². The molecule has 1 atom stereocenters. The predicted molar refractivity (Wildman–Crippen MR) is 305 cm³/mol. The fourth-order valence-corrected chi connectivity index (χ4v) is 14.9. The van der Waals surface area contributed by atoms with E-state index >= 15 is 0 Å². The molecule has 1 nitrogen and oxygen atoms in total. The summed E-state index contributed by atoms with van der Waals surface area (Å²) in [6.07, 6.45) is 2.14. The number of thiophene rings is 1. The highest BCUT2D eigenvalue weighted by Gasteiger charge is 2.48. The summed E-state index contributed by atoms with van der Waals surface area (Å²) in [6, 6.07) is 89.2. The Morgan fingerprint density at radius 1 is 0.361 bits per heavy atom. The highest BCUT2D eigenvalue weighted by molar-refractivity contribution is 7.27.